The summed E-state index contributed by atoms with van der Waals surface area (Å²) in [7, 11) is 0. The third-order valence-corrected chi connectivity index (χ3v) is 4.47. The van der Waals surface area contributed by atoms with Crippen LogP contribution >= 0.6 is 15.9 Å². The van der Waals surface area contributed by atoms with Crippen LogP contribution in [0, 0.1) is 0 Å². The standard InChI is InChI=1S/C18H19BrO2/c1-2-18(20,14-4-3-5-15(19)12-14)13-6-8-16(9-7-13)21-17-10-11-17/h3-9,12,17,20H,2,10-11H2,1H3. The van der Waals surface area contributed by atoms with Gasteiger partial charge < -0.3 is 9.84 Å². The molecule has 3 rings (SSSR count). The molecule has 1 unspecified atom stereocenters. The molecule has 1 aliphatic rings. The topological polar surface area (TPSA) is 29.5 Å². The molecule has 0 spiro atoms. The molecule has 0 aromatic heterocycles. The van der Waals surface area contributed by atoms with Crippen LogP contribution in [0.2, 0.25) is 0 Å². The van der Waals surface area contributed by atoms with Gasteiger partial charge in [0.2, 0.25) is 0 Å². The zero-order chi connectivity index (χ0) is 14.9. The number of halogens is 1. The van der Waals surface area contributed by atoms with Gasteiger partial charge in [0.15, 0.2) is 0 Å². The number of rotatable bonds is 5. The van der Waals surface area contributed by atoms with Crippen LogP contribution in [0.3, 0.4) is 0 Å². The molecule has 1 aliphatic carbocycles. The van der Waals surface area contributed by atoms with Gasteiger partial charge in [0.05, 0.1) is 6.10 Å². The van der Waals surface area contributed by atoms with Gasteiger partial charge in [-0.3, -0.25) is 0 Å². The average molecular weight is 347 g/mol. The van der Waals surface area contributed by atoms with E-state index in [1.54, 1.807) is 0 Å². The molecule has 3 heteroatoms. The SMILES string of the molecule is CCC(O)(c1ccc(OC2CC2)cc1)c1cccc(Br)c1. The number of hydrogen-bond acceptors (Lipinski definition) is 2. The molecule has 21 heavy (non-hydrogen) atoms. The van der Waals surface area contributed by atoms with Gasteiger partial charge in [-0.25, -0.2) is 0 Å². The first-order chi connectivity index (χ1) is 10.1. The fourth-order valence-corrected chi connectivity index (χ4v) is 2.91. The minimum absolute atomic E-state index is 0.394. The molecule has 0 amide bonds. The smallest absolute Gasteiger partial charge is 0.119 e. The molecule has 1 fully saturated rings. The van der Waals surface area contributed by atoms with E-state index in [1.807, 2.05) is 55.5 Å². The maximum atomic E-state index is 11.1. The lowest BCUT2D eigenvalue weighted by molar-refractivity contribution is 0.0764. The monoisotopic (exact) mass is 346 g/mol. The molecule has 0 aliphatic heterocycles. The van der Waals surface area contributed by atoms with Crippen LogP contribution in [0.5, 0.6) is 5.75 Å². The van der Waals surface area contributed by atoms with Crippen molar-refractivity contribution in [2.75, 3.05) is 0 Å². The van der Waals surface area contributed by atoms with Crippen molar-refractivity contribution < 1.29 is 9.84 Å². The van der Waals surface area contributed by atoms with E-state index in [0.29, 0.717) is 12.5 Å². The van der Waals surface area contributed by atoms with Crippen LogP contribution in [0.1, 0.15) is 37.3 Å². The van der Waals surface area contributed by atoms with E-state index in [0.717, 1.165) is 34.2 Å². The van der Waals surface area contributed by atoms with E-state index in [4.69, 9.17) is 4.74 Å². The molecule has 1 saturated carbocycles. The second-order valence-corrected chi connectivity index (χ2v) is 6.48. The largest absolute Gasteiger partial charge is 0.490 e. The molecular weight excluding hydrogens is 328 g/mol. The Morgan fingerprint density at radius 2 is 1.86 bits per heavy atom. The maximum absolute atomic E-state index is 11.1. The average Bonchev–Trinajstić information content (AvgIpc) is 3.31. The Labute approximate surface area is 133 Å². The predicted octanol–water partition coefficient (Wildman–Crippen LogP) is 4.64. The highest BCUT2D eigenvalue weighted by molar-refractivity contribution is 9.10. The van der Waals surface area contributed by atoms with Gasteiger partial charge in [0.25, 0.3) is 0 Å². The number of benzene rings is 2. The van der Waals surface area contributed by atoms with Crippen molar-refractivity contribution in [3.05, 3.63) is 64.1 Å². The van der Waals surface area contributed by atoms with Crippen molar-refractivity contribution >= 4 is 15.9 Å². The van der Waals surface area contributed by atoms with E-state index in [1.165, 1.54) is 0 Å². The fourth-order valence-electron chi connectivity index (χ4n) is 2.51. The molecule has 2 aromatic carbocycles. The first-order valence-corrected chi connectivity index (χ1v) is 8.17. The molecule has 1 atom stereocenters. The quantitative estimate of drug-likeness (QED) is 0.854. The molecule has 2 aromatic rings. The highest BCUT2D eigenvalue weighted by Gasteiger charge is 2.30. The van der Waals surface area contributed by atoms with Crippen LogP contribution in [0.15, 0.2) is 53.0 Å². The van der Waals surface area contributed by atoms with Crippen LogP contribution in [0.25, 0.3) is 0 Å². The summed E-state index contributed by atoms with van der Waals surface area (Å²) in [6.45, 7) is 2.00. The Morgan fingerprint density at radius 1 is 1.14 bits per heavy atom. The minimum atomic E-state index is -0.970. The number of hydrogen-bond donors (Lipinski definition) is 1. The maximum Gasteiger partial charge on any atom is 0.119 e. The summed E-state index contributed by atoms with van der Waals surface area (Å²) in [5.41, 5.74) is 0.823. The summed E-state index contributed by atoms with van der Waals surface area (Å²) in [6, 6.07) is 15.7. The zero-order valence-electron chi connectivity index (χ0n) is 12.1. The molecule has 0 bridgehead atoms. The molecule has 0 radical (unpaired) electrons. The lowest BCUT2D eigenvalue weighted by Gasteiger charge is -2.28. The van der Waals surface area contributed by atoms with Crippen molar-refractivity contribution in [3.63, 3.8) is 0 Å². The fraction of sp³-hybridized carbons (Fsp3) is 0.333. The van der Waals surface area contributed by atoms with Crippen LogP contribution in [-0.4, -0.2) is 11.2 Å². The van der Waals surface area contributed by atoms with Gasteiger partial charge in [-0.1, -0.05) is 47.1 Å². The van der Waals surface area contributed by atoms with Crippen molar-refractivity contribution in [2.45, 2.75) is 37.9 Å². The van der Waals surface area contributed by atoms with Crippen LogP contribution < -0.4 is 4.74 Å². The second kappa shape index (κ2) is 5.82. The molecule has 2 nitrogen and oxygen atoms in total. The van der Waals surface area contributed by atoms with E-state index >= 15 is 0 Å². The van der Waals surface area contributed by atoms with Crippen LogP contribution in [0.4, 0.5) is 0 Å². The van der Waals surface area contributed by atoms with Gasteiger partial charge in [-0.15, -0.1) is 0 Å². The summed E-state index contributed by atoms with van der Waals surface area (Å²) in [6.07, 6.45) is 3.31. The second-order valence-electron chi connectivity index (χ2n) is 5.57. The Balaban J connectivity index is 1.90. The Hall–Kier alpha value is -1.32. The van der Waals surface area contributed by atoms with Crippen LogP contribution in [-0.2, 0) is 5.60 Å². The van der Waals surface area contributed by atoms with Gasteiger partial charge in [0.1, 0.15) is 11.4 Å². The van der Waals surface area contributed by atoms with E-state index in [2.05, 4.69) is 15.9 Å². The zero-order valence-corrected chi connectivity index (χ0v) is 13.6. The Morgan fingerprint density at radius 3 is 2.43 bits per heavy atom. The van der Waals surface area contributed by atoms with Gasteiger partial charge in [-0.2, -0.15) is 0 Å². The summed E-state index contributed by atoms with van der Waals surface area (Å²) in [5.74, 6) is 0.883. The lowest BCUT2D eigenvalue weighted by Crippen LogP contribution is -2.26. The number of aliphatic hydroxyl groups is 1. The van der Waals surface area contributed by atoms with E-state index in [-0.39, 0.29) is 0 Å². The van der Waals surface area contributed by atoms with Crippen molar-refractivity contribution in [1.82, 2.24) is 0 Å². The lowest BCUT2D eigenvalue weighted by atomic mass is 9.84. The minimum Gasteiger partial charge on any atom is -0.490 e. The molecular formula is C18H19BrO2. The number of ether oxygens (including phenoxy) is 1. The summed E-state index contributed by atoms with van der Waals surface area (Å²) >= 11 is 3.47. The summed E-state index contributed by atoms with van der Waals surface area (Å²) in [4.78, 5) is 0. The Kier molecular flexibility index (Phi) is 4.05. The van der Waals surface area contributed by atoms with Gasteiger partial charge in [0, 0.05) is 4.47 Å². The highest BCUT2D eigenvalue weighted by Crippen LogP contribution is 2.35. The van der Waals surface area contributed by atoms with E-state index < -0.39 is 5.60 Å². The molecule has 0 heterocycles. The van der Waals surface area contributed by atoms with Crippen molar-refractivity contribution in [2.24, 2.45) is 0 Å². The van der Waals surface area contributed by atoms with E-state index in [9.17, 15) is 5.11 Å². The first-order valence-electron chi connectivity index (χ1n) is 7.37. The summed E-state index contributed by atoms with van der Waals surface area (Å²) in [5, 5.41) is 11.1. The third-order valence-electron chi connectivity index (χ3n) is 3.97. The normalized spacial score (nSPS) is 17.3. The predicted molar refractivity (Wildman–Crippen MR) is 87.5 cm³/mol. The molecule has 0 saturated heterocycles. The Bertz CT molecular complexity index is 619. The van der Waals surface area contributed by atoms with Crippen molar-refractivity contribution in [3.8, 4) is 5.75 Å². The van der Waals surface area contributed by atoms with Gasteiger partial charge >= 0.3 is 0 Å². The molecule has 110 valence electrons. The third kappa shape index (κ3) is 3.14. The van der Waals surface area contributed by atoms with Crippen molar-refractivity contribution in [1.29, 1.82) is 0 Å². The molecule has 1 N–H and O–H groups in total. The first kappa shape index (κ1) is 14.6. The highest BCUT2D eigenvalue weighted by atomic mass is 79.9. The summed E-state index contributed by atoms with van der Waals surface area (Å²) < 4.78 is 6.74. The van der Waals surface area contributed by atoms with Gasteiger partial charge in [-0.05, 0) is 54.7 Å².